The minimum atomic E-state index is -0.0452. The summed E-state index contributed by atoms with van der Waals surface area (Å²) in [6.07, 6.45) is 4.08. The van der Waals surface area contributed by atoms with Gasteiger partial charge in [0.15, 0.2) is 0 Å². The van der Waals surface area contributed by atoms with Crippen molar-refractivity contribution in [2.45, 2.75) is 32.3 Å². The first-order valence-corrected chi connectivity index (χ1v) is 8.10. The SMILES string of the molecule is CCCc1nnsc1C(=O)N1CC[C@H](Oc2cccnn2)C1. The first-order chi connectivity index (χ1) is 10.8. The zero-order valence-electron chi connectivity index (χ0n) is 12.3. The molecule has 0 N–H and O–H groups in total. The molecule has 0 unspecified atom stereocenters. The standard InChI is InChI=1S/C14H17N5O2S/c1-2-4-11-13(22-18-16-11)14(20)19-8-6-10(9-19)21-12-5-3-7-15-17-12/h3,5,7,10H,2,4,6,8-9H2,1H3/t10-/m0/s1. The number of hydrogen-bond donors (Lipinski definition) is 0. The van der Waals surface area contributed by atoms with E-state index >= 15 is 0 Å². The van der Waals surface area contributed by atoms with Gasteiger partial charge in [0.2, 0.25) is 5.88 Å². The predicted octanol–water partition coefficient (Wildman–Crippen LogP) is 1.57. The lowest BCUT2D eigenvalue weighted by Crippen LogP contribution is -2.31. The number of aromatic nitrogens is 4. The van der Waals surface area contributed by atoms with Crippen molar-refractivity contribution < 1.29 is 9.53 Å². The zero-order chi connectivity index (χ0) is 15.4. The molecule has 116 valence electrons. The fourth-order valence-corrected chi connectivity index (χ4v) is 3.12. The fourth-order valence-electron chi connectivity index (χ4n) is 2.44. The molecule has 0 saturated carbocycles. The predicted molar refractivity (Wildman–Crippen MR) is 80.9 cm³/mol. The first-order valence-electron chi connectivity index (χ1n) is 7.32. The highest BCUT2D eigenvalue weighted by molar-refractivity contribution is 7.08. The van der Waals surface area contributed by atoms with Crippen molar-refractivity contribution in [1.82, 2.24) is 24.7 Å². The molecule has 0 aromatic carbocycles. The molecule has 0 spiro atoms. The molecule has 7 nitrogen and oxygen atoms in total. The molecule has 1 saturated heterocycles. The number of likely N-dealkylation sites (tertiary alicyclic amines) is 1. The molecule has 1 amide bonds. The molecular formula is C14H17N5O2S. The Balaban J connectivity index is 1.62. The van der Waals surface area contributed by atoms with Crippen molar-refractivity contribution in [3.63, 3.8) is 0 Å². The lowest BCUT2D eigenvalue weighted by Gasteiger charge is -2.16. The second kappa shape index (κ2) is 6.78. The third-order valence-corrected chi connectivity index (χ3v) is 4.26. The van der Waals surface area contributed by atoms with Crippen LogP contribution in [0.1, 0.15) is 35.1 Å². The molecular weight excluding hydrogens is 302 g/mol. The van der Waals surface area contributed by atoms with Crippen LogP contribution in [0.25, 0.3) is 0 Å². The summed E-state index contributed by atoms with van der Waals surface area (Å²) in [5, 5.41) is 11.7. The van der Waals surface area contributed by atoms with Crippen LogP contribution in [0, 0.1) is 0 Å². The Hall–Kier alpha value is -2.09. The lowest BCUT2D eigenvalue weighted by molar-refractivity contribution is 0.0774. The van der Waals surface area contributed by atoms with E-state index in [4.69, 9.17) is 4.74 Å². The molecule has 1 aliphatic heterocycles. The Labute approximate surface area is 132 Å². The van der Waals surface area contributed by atoms with Gasteiger partial charge < -0.3 is 9.64 Å². The summed E-state index contributed by atoms with van der Waals surface area (Å²) in [5.41, 5.74) is 0.802. The van der Waals surface area contributed by atoms with Crippen LogP contribution in [0.4, 0.5) is 0 Å². The van der Waals surface area contributed by atoms with E-state index in [0.717, 1.165) is 25.0 Å². The zero-order valence-corrected chi connectivity index (χ0v) is 13.1. The van der Waals surface area contributed by atoms with Gasteiger partial charge in [-0.05, 0) is 24.0 Å². The van der Waals surface area contributed by atoms with E-state index < -0.39 is 0 Å². The molecule has 1 aliphatic rings. The monoisotopic (exact) mass is 319 g/mol. The maximum absolute atomic E-state index is 12.6. The number of nitrogens with zero attached hydrogens (tertiary/aromatic N) is 5. The molecule has 1 atom stereocenters. The number of carbonyl (C=O) groups is 1. The molecule has 3 rings (SSSR count). The van der Waals surface area contributed by atoms with Gasteiger partial charge in [0.05, 0.1) is 12.2 Å². The van der Waals surface area contributed by atoms with E-state index in [9.17, 15) is 4.79 Å². The summed E-state index contributed by atoms with van der Waals surface area (Å²) in [5.74, 6) is 0.497. The van der Waals surface area contributed by atoms with E-state index in [1.165, 1.54) is 11.5 Å². The number of carbonyl (C=O) groups excluding carboxylic acids is 1. The molecule has 3 heterocycles. The third kappa shape index (κ3) is 3.22. The number of hydrogen-bond acceptors (Lipinski definition) is 7. The summed E-state index contributed by atoms with van der Waals surface area (Å²) in [6, 6.07) is 3.55. The van der Waals surface area contributed by atoms with Gasteiger partial charge in [-0.3, -0.25) is 4.79 Å². The van der Waals surface area contributed by atoms with E-state index in [1.807, 2.05) is 0 Å². The van der Waals surface area contributed by atoms with Crippen LogP contribution in [0.2, 0.25) is 0 Å². The van der Waals surface area contributed by atoms with Crippen LogP contribution in [-0.2, 0) is 6.42 Å². The topological polar surface area (TPSA) is 81.1 Å². The smallest absolute Gasteiger partial charge is 0.267 e. The molecule has 1 fully saturated rings. The van der Waals surface area contributed by atoms with E-state index in [1.54, 1.807) is 23.2 Å². The van der Waals surface area contributed by atoms with Gasteiger partial charge in [-0.25, -0.2) is 0 Å². The molecule has 2 aromatic rings. The van der Waals surface area contributed by atoms with Crippen molar-refractivity contribution in [2.24, 2.45) is 0 Å². The Morgan fingerprint density at radius 1 is 1.50 bits per heavy atom. The van der Waals surface area contributed by atoms with Crippen molar-refractivity contribution in [1.29, 1.82) is 0 Å². The Morgan fingerprint density at radius 3 is 3.18 bits per heavy atom. The minimum absolute atomic E-state index is 0.00342. The Morgan fingerprint density at radius 2 is 2.41 bits per heavy atom. The molecule has 2 aromatic heterocycles. The van der Waals surface area contributed by atoms with E-state index in [-0.39, 0.29) is 12.0 Å². The summed E-state index contributed by atoms with van der Waals surface area (Å²) >= 11 is 1.17. The first kappa shape index (κ1) is 14.8. The van der Waals surface area contributed by atoms with Gasteiger partial charge >= 0.3 is 0 Å². The quantitative estimate of drug-likeness (QED) is 0.832. The van der Waals surface area contributed by atoms with E-state index in [2.05, 4.69) is 26.7 Å². The van der Waals surface area contributed by atoms with Crippen LogP contribution < -0.4 is 4.74 Å². The van der Waals surface area contributed by atoms with Crippen molar-refractivity contribution in [3.8, 4) is 5.88 Å². The van der Waals surface area contributed by atoms with E-state index in [0.29, 0.717) is 23.8 Å². The molecule has 0 radical (unpaired) electrons. The molecule has 0 bridgehead atoms. The molecule has 0 aliphatic carbocycles. The summed E-state index contributed by atoms with van der Waals surface area (Å²) in [7, 11) is 0. The minimum Gasteiger partial charge on any atom is -0.471 e. The van der Waals surface area contributed by atoms with Gasteiger partial charge in [0.25, 0.3) is 5.91 Å². The lowest BCUT2D eigenvalue weighted by atomic mass is 10.2. The third-order valence-electron chi connectivity index (χ3n) is 3.50. The number of aryl methyl sites for hydroxylation is 1. The fraction of sp³-hybridized carbons (Fsp3) is 0.500. The average Bonchev–Trinajstić information content (AvgIpc) is 3.18. The van der Waals surface area contributed by atoms with Crippen LogP contribution in [0.3, 0.4) is 0 Å². The van der Waals surface area contributed by atoms with Gasteiger partial charge in [-0.15, -0.1) is 10.2 Å². The number of amides is 1. The van der Waals surface area contributed by atoms with Crippen molar-refractivity contribution >= 4 is 17.4 Å². The van der Waals surface area contributed by atoms with Gasteiger partial charge in [0, 0.05) is 25.2 Å². The highest BCUT2D eigenvalue weighted by atomic mass is 32.1. The maximum atomic E-state index is 12.6. The van der Waals surface area contributed by atoms with Crippen LogP contribution >= 0.6 is 11.5 Å². The Bertz CT molecular complexity index is 633. The van der Waals surface area contributed by atoms with Gasteiger partial charge in [-0.2, -0.15) is 5.10 Å². The maximum Gasteiger partial charge on any atom is 0.267 e. The number of rotatable bonds is 5. The molecule has 22 heavy (non-hydrogen) atoms. The Kier molecular flexibility index (Phi) is 4.57. The van der Waals surface area contributed by atoms with Crippen LogP contribution in [-0.4, -0.2) is 49.8 Å². The van der Waals surface area contributed by atoms with Crippen molar-refractivity contribution in [2.75, 3.05) is 13.1 Å². The van der Waals surface area contributed by atoms with Crippen LogP contribution in [0.15, 0.2) is 18.3 Å². The largest absolute Gasteiger partial charge is 0.471 e. The van der Waals surface area contributed by atoms with Crippen molar-refractivity contribution in [3.05, 3.63) is 28.9 Å². The molecule has 8 heteroatoms. The summed E-state index contributed by atoms with van der Waals surface area (Å²) in [6.45, 7) is 3.29. The van der Waals surface area contributed by atoms with Gasteiger partial charge in [0.1, 0.15) is 11.0 Å². The summed E-state index contributed by atoms with van der Waals surface area (Å²) < 4.78 is 9.67. The second-order valence-electron chi connectivity index (χ2n) is 5.14. The normalized spacial score (nSPS) is 17.7. The highest BCUT2D eigenvalue weighted by Gasteiger charge is 2.30. The number of ether oxygens (including phenoxy) is 1. The highest BCUT2D eigenvalue weighted by Crippen LogP contribution is 2.21. The summed E-state index contributed by atoms with van der Waals surface area (Å²) in [4.78, 5) is 15.0. The van der Waals surface area contributed by atoms with Crippen LogP contribution in [0.5, 0.6) is 5.88 Å². The second-order valence-corrected chi connectivity index (χ2v) is 5.89. The average molecular weight is 319 g/mol. The van der Waals surface area contributed by atoms with Gasteiger partial charge in [-0.1, -0.05) is 17.8 Å².